The van der Waals surface area contributed by atoms with E-state index in [1.807, 2.05) is 12.1 Å². The molecule has 0 saturated heterocycles. The first kappa shape index (κ1) is 13.6. The Hall–Kier alpha value is -2.78. The van der Waals surface area contributed by atoms with E-state index < -0.39 is 5.82 Å². The Morgan fingerprint density at radius 1 is 1.45 bits per heavy atom. The Morgan fingerprint density at radius 2 is 2.25 bits per heavy atom. The SMILES string of the molecule is N#CC(=CNc1cc(Br)c(F)cc1C#N)c1nn[nH]n1. The molecule has 0 amide bonds. The summed E-state index contributed by atoms with van der Waals surface area (Å²) in [5, 5.41) is 33.6. The van der Waals surface area contributed by atoms with E-state index in [2.05, 4.69) is 41.9 Å². The van der Waals surface area contributed by atoms with Crippen molar-refractivity contribution in [2.24, 2.45) is 0 Å². The maximum Gasteiger partial charge on any atom is 0.216 e. The van der Waals surface area contributed by atoms with Crippen molar-refractivity contribution in [1.82, 2.24) is 20.6 Å². The molecule has 0 saturated carbocycles. The molecule has 0 radical (unpaired) electrons. The van der Waals surface area contributed by atoms with Crippen LogP contribution in [0.1, 0.15) is 11.4 Å². The largest absolute Gasteiger partial charge is 0.359 e. The van der Waals surface area contributed by atoms with Gasteiger partial charge in [-0.3, -0.25) is 0 Å². The van der Waals surface area contributed by atoms with E-state index in [0.717, 1.165) is 6.07 Å². The molecule has 2 rings (SSSR count). The number of nitrogens with zero attached hydrogens (tertiary/aromatic N) is 5. The van der Waals surface area contributed by atoms with Crippen molar-refractivity contribution < 1.29 is 4.39 Å². The molecule has 1 aromatic heterocycles. The van der Waals surface area contributed by atoms with E-state index in [1.54, 1.807) is 0 Å². The van der Waals surface area contributed by atoms with Crippen LogP contribution in [0, 0.1) is 28.5 Å². The van der Waals surface area contributed by atoms with Gasteiger partial charge < -0.3 is 5.32 Å². The van der Waals surface area contributed by atoms with Gasteiger partial charge in [-0.1, -0.05) is 0 Å². The predicted molar refractivity (Wildman–Crippen MR) is 70.2 cm³/mol. The number of tetrazole rings is 1. The first-order valence-corrected chi connectivity index (χ1v) is 5.94. The van der Waals surface area contributed by atoms with E-state index in [4.69, 9.17) is 10.5 Å². The van der Waals surface area contributed by atoms with Crippen molar-refractivity contribution >= 4 is 27.2 Å². The van der Waals surface area contributed by atoms with Crippen molar-refractivity contribution in [2.75, 3.05) is 5.32 Å². The molecule has 7 nitrogen and oxygen atoms in total. The van der Waals surface area contributed by atoms with E-state index in [-0.39, 0.29) is 21.4 Å². The lowest BCUT2D eigenvalue weighted by Crippen LogP contribution is -1.96. The number of nitrogens with one attached hydrogen (secondary N) is 2. The Balaban J connectivity index is 2.34. The van der Waals surface area contributed by atoms with Crippen LogP contribution >= 0.6 is 15.9 Å². The van der Waals surface area contributed by atoms with Gasteiger partial charge in [-0.2, -0.15) is 15.7 Å². The Bertz CT molecular complexity index is 739. The second-order valence-electron chi connectivity index (χ2n) is 3.47. The lowest BCUT2D eigenvalue weighted by atomic mass is 10.2. The van der Waals surface area contributed by atoms with Crippen molar-refractivity contribution in [1.29, 1.82) is 10.5 Å². The number of hydrogen-bond acceptors (Lipinski definition) is 6. The average molecular weight is 334 g/mol. The third-order valence-electron chi connectivity index (χ3n) is 2.26. The number of allylic oxidation sites excluding steroid dienone is 1. The van der Waals surface area contributed by atoms with Gasteiger partial charge in [0.15, 0.2) is 0 Å². The first-order valence-electron chi connectivity index (χ1n) is 5.15. The molecular weight excluding hydrogens is 329 g/mol. The summed E-state index contributed by atoms with van der Waals surface area (Å²) in [7, 11) is 0. The van der Waals surface area contributed by atoms with Crippen LogP contribution in [-0.2, 0) is 0 Å². The van der Waals surface area contributed by atoms with Crippen molar-refractivity contribution in [3.05, 3.63) is 40.0 Å². The zero-order valence-corrected chi connectivity index (χ0v) is 11.3. The highest BCUT2D eigenvalue weighted by Crippen LogP contribution is 2.24. The maximum atomic E-state index is 13.3. The molecule has 0 aliphatic heterocycles. The highest BCUT2D eigenvalue weighted by atomic mass is 79.9. The van der Waals surface area contributed by atoms with E-state index in [1.165, 1.54) is 12.3 Å². The zero-order valence-electron chi connectivity index (χ0n) is 9.72. The standard InChI is InChI=1S/C11H5BrFN7/c12-8-2-10(6(3-14)1-9(8)13)16-5-7(4-15)11-17-19-20-18-11/h1-2,5,16H,(H,17,18,19,20). The normalized spacial score (nSPS) is 10.7. The summed E-state index contributed by atoms with van der Waals surface area (Å²) in [5.41, 5.74) is 0.562. The minimum atomic E-state index is -0.547. The fourth-order valence-corrected chi connectivity index (χ4v) is 1.67. The second-order valence-corrected chi connectivity index (χ2v) is 4.33. The summed E-state index contributed by atoms with van der Waals surface area (Å²) < 4.78 is 13.5. The van der Waals surface area contributed by atoms with Crippen LogP contribution < -0.4 is 5.32 Å². The molecule has 1 heterocycles. The molecule has 0 aliphatic carbocycles. The molecule has 0 aliphatic rings. The number of halogens is 2. The van der Waals surface area contributed by atoms with Crippen LogP contribution in [0.2, 0.25) is 0 Å². The highest BCUT2D eigenvalue weighted by Gasteiger charge is 2.09. The van der Waals surface area contributed by atoms with Gasteiger partial charge in [0.05, 0.1) is 15.7 Å². The van der Waals surface area contributed by atoms with Gasteiger partial charge in [-0.25, -0.2) is 4.39 Å². The molecular formula is C11H5BrFN7. The molecule has 0 fully saturated rings. The van der Waals surface area contributed by atoms with Crippen LogP contribution in [0.4, 0.5) is 10.1 Å². The summed E-state index contributed by atoms with van der Waals surface area (Å²) in [4.78, 5) is 0. The van der Waals surface area contributed by atoms with Gasteiger partial charge in [-0.05, 0) is 33.3 Å². The summed E-state index contributed by atoms with van der Waals surface area (Å²) in [6.07, 6.45) is 1.31. The van der Waals surface area contributed by atoms with Crippen LogP contribution in [0.3, 0.4) is 0 Å². The molecule has 2 aromatic rings. The highest BCUT2D eigenvalue weighted by molar-refractivity contribution is 9.10. The van der Waals surface area contributed by atoms with Gasteiger partial charge in [0.1, 0.15) is 23.5 Å². The zero-order chi connectivity index (χ0) is 14.5. The molecule has 0 atom stereocenters. The number of nitriles is 2. The van der Waals surface area contributed by atoms with Gasteiger partial charge in [0.25, 0.3) is 0 Å². The molecule has 0 spiro atoms. The van der Waals surface area contributed by atoms with Crippen LogP contribution in [0.15, 0.2) is 22.8 Å². The third kappa shape index (κ3) is 2.79. The Labute approximate surface area is 120 Å². The van der Waals surface area contributed by atoms with Crippen molar-refractivity contribution in [3.8, 4) is 12.1 Å². The van der Waals surface area contributed by atoms with Gasteiger partial charge in [0.2, 0.25) is 5.82 Å². The summed E-state index contributed by atoms with van der Waals surface area (Å²) in [5.74, 6) is -0.436. The molecule has 0 bridgehead atoms. The molecule has 98 valence electrons. The number of H-pyrrole nitrogens is 1. The van der Waals surface area contributed by atoms with Crippen molar-refractivity contribution in [2.45, 2.75) is 0 Å². The van der Waals surface area contributed by atoms with E-state index in [9.17, 15) is 4.39 Å². The van der Waals surface area contributed by atoms with Crippen LogP contribution in [0.25, 0.3) is 5.57 Å². The smallest absolute Gasteiger partial charge is 0.216 e. The molecule has 1 aromatic carbocycles. The van der Waals surface area contributed by atoms with Gasteiger partial charge in [0, 0.05) is 6.20 Å². The minimum absolute atomic E-state index is 0.104. The van der Waals surface area contributed by atoms with Gasteiger partial charge >= 0.3 is 0 Å². The monoisotopic (exact) mass is 333 g/mol. The molecule has 0 unspecified atom stereocenters. The number of rotatable bonds is 3. The van der Waals surface area contributed by atoms with Crippen molar-refractivity contribution in [3.63, 3.8) is 0 Å². The minimum Gasteiger partial charge on any atom is -0.359 e. The molecule has 9 heteroatoms. The third-order valence-corrected chi connectivity index (χ3v) is 2.87. The lowest BCUT2D eigenvalue weighted by Gasteiger charge is -2.05. The summed E-state index contributed by atoms with van der Waals surface area (Å²) >= 11 is 3.02. The molecule has 2 N–H and O–H groups in total. The number of aromatic amines is 1. The van der Waals surface area contributed by atoms with Gasteiger partial charge in [-0.15, -0.1) is 10.2 Å². The number of benzene rings is 1. The van der Waals surface area contributed by atoms with Crippen LogP contribution in [-0.4, -0.2) is 20.6 Å². The first-order chi connectivity index (χ1) is 9.65. The topological polar surface area (TPSA) is 114 Å². The van der Waals surface area contributed by atoms with Crippen LogP contribution in [0.5, 0.6) is 0 Å². The second kappa shape index (κ2) is 5.91. The number of hydrogen-bond donors (Lipinski definition) is 2. The summed E-state index contributed by atoms with van der Waals surface area (Å²) in [6, 6.07) is 6.22. The Kier molecular flexibility index (Phi) is 4.03. The lowest BCUT2D eigenvalue weighted by molar-refractivity contribution is 0.621. The number of aromatic nitrogens is 4. The van der Waals surface area contributed by atoms with E-state index in [0.29, 0.717) is 5.69 Å². The maximum absolute atomic E-state index is 13.3. The summed E-state index contributed by atoms with van der Waals surface area (Å²) in [6.45, 7) is 0. The predicted octanol–water partition coefficient (Wildman–Crippen LogP) is 1.95. The fraction of sp³-hybridized carbons (Fsp3) is 0. The molecule has 20 heavy (non-hydrogen) atoms. The Morgan fingerprint density at radius 3 is 2.85 bits per heavy atom. The average Bonchev–Trinajstić information content (AvgIpc) is 2.97. The number of anilines is 1. The van der Waals surface area contributed by atoms with E-state index >= 15 is 0 Å². The fourth-order valence-electron chi connectivity index (χ4n) is 1.33. The quantitative estimate of drug-likeness (QED) is 0.829.